The van der Waals surface area contributed by atoms with Gasteiger partial charge in [0.1, 0.15) is 17.2 Å². The zero-order chi connectivity index (χ0) is 29.0. The molecule has 0 unspecified atom stereocenters. The van der Waals surface area contributed by atoms with E-state index in [1.165, 1.54) is 0 Å². The van der Waals surface area contributed by atoms with Gasteiger partial charge in [0.15, 0.2) is 0 Å². The molecule has 1 fully saturated rings. The van der Waals surface area contributed by atoms with Crippen molar-refractivity contribution < 1.29 is 14.3 Å². The van der Waals surface area contributed by atoms with Crippen LogP contribution in [-0.4, -0.2) is 39.0 Å². The summed E-state index contributed by atoms with van der Waals surface area (Å²) in [5, 5.41) is 16.2. The van der Waals surface area contributed by atoms with E-state index >= 15 is 0 Å². The SMILES string of the molecule is CCN(CC)Cc1ccc(Nc2cc(-c3cccc(NC(=O)c4ccc(C5(F)CC5)cc4)c3CO)c[nH]c2=O)nc1. The lowest BCUT2D eigenvalue weighted by Gasteiger charge is -2.18. The Labute approximate surface area is 238 Å². The van der Waals surface area contributed by atoms with Crippen LogP contribution in [0, 0.1) is 0 Å². The number of aliphatic hydroxyl groups excluding tert-OH is 1. The highest BCUT2D eigenvalue weighted by atomic mass is 19.1. The minimum atomic E-state index is -1.26. The maximum atomic E-state index is 14.3. The molecule has 2 aromatic heterocycles. The highest BCUT2D eigenvalue weighted by molar-refractivity contribution is 6.05. The number of amides is 1. The molecule has 212 valence electrons. The molecule has 0 spiro atoms. The summed E-state index contributed by atoms with van der Waals surface area (Å²) in [6.07, 6.45) is 4.38. The number of nitrogens with zero attached hydrogens (tertiary/aromatic N) is 2. The fourth-order valence-corrected chi connectivity index (χ4v) is 4.83. The van der Waals surface area contributed by atoms with E-state index in [0.29, 0.717) is 57.9 Å². The van der Waals surface area contributed by atoms with Crippen molar-refractivity contribution in [2.24, 2.45) is 0 Å². The van der Waals surface area contributed by atoms with Gasteiger partial charge in [-0.05, 0) is 73.0 Å². The first-order chi connectivity index (χ1) is 19.8. The normalized spacial score (nSPS) is 13.7. The molecule has 0 radical (unpaired) electrons. The van der Waals surface area contributed by atoms with E-state index in [4.69, 9.17) is 0 Å². The van der Waals surface area contributed by atoms with Crippen LogP contribution in [0.15, 0.2) is 77.9 Å². The fraction of sp³-hybridized carbons (Fsp3) is 0.281. The molecule has 1 aliphatic rings. The lowest BCUT2D eigenvalue weighted by Crippen LogP contribution is -2.22. The van der Waals surface area contributed by atoms with Gasteiger partial charge in [-0.15, -0.1) is 0 Å². The quantitative estimate of drug-likeness (QED) is 0.188. The Kier molecular flexibility index (Phi) is 8.28. The van der Waals surface area contributed by atoms with Gasteiger partial charge in [0.2, 0.25) is 0 Å². The third-order valence-corrected chi connectivity index (χ3v) is 7.54. The van der Waals surface area contributed by atoms with E-state index in [-0.39, 0.29) is 18.1 Å². The van der Waals surface area contributed by atoms with Crippen LogP contribution < -0.4 is 16.2 Å². The minimum Gasteiger partial charge on any atom is -0.392 e. The van der Waals surface area contributed by atoms with E-state index < -0.39 is 5.67 Å². The van der Waals surface area contributed by atoms with Crippen LogP contribution in [0.1, 0.15) is 53.7 Å². The second kappa shape index (κ2) is 12.0. The van der Waals surface area contributed by atoms with Gasteiger partial charge >= 0.3 is 0 Å². The number of anilines is 3. The highest BCUT2D eigenvalue weighted by Gasteiger charge is 2.44. The molecule has 0 bridgehead atoms. The number of pyridine rings is 2. The van der Waals surface area contributed by atoms with Crippen molar-refractivity contribution in [1.82, 2.24) is 14.9 Å². The summed E-state index contributed by atoms with van der Waals surface area (Å²) in [4.78, 5) is 35.1. The van der Waals surface area contributed by atoms with Crippen LogP contribution in [0.25, 0.3) is 11.1 Å². The summed E-state index contributed by atoms with van der Waals surface area (Å²) >= 11 is 0. The first-order valence-corrected chi connectivity index (χ1v) is 13.8. The van der Waals surface area contributed by atoms with Crippen molar-refractivity contribution in [3.05, 3.63) is 106 Å². The molecule has 4 aromatic rings. The topological polar surface area (TPSA) is 110 Å². The molecule has 1 aliphatic carbocycles. The summed E-state index contributed by atoms with van der Waals surface area (Å²) in [6.45, 7) is 6.60. The third kappa shape index (κ3) is 6.37. The number of rotatable bonds is 11. The number of nitrogens with one attached hydrogen (secondary N) is 3. The van der Waals surface area contributed by atoms with E-state index in [0.717, 1.165) is 25.2 Å². The maximum absolute atomic E-state index is 14.3. The zero-order valence-electron chi connectivity index (χ0n) is 23.2. The van der Waals surface area contributed by atoms with E-state index in [9.17, 15) is 19.1 Å². The molecule has 4 N–H and O–H groups in total. The number of benzene rings is 2. The maximum Gasteiger partial charge on any atom is 0.271 e. The molecule has 2 heterocycles. The number of H-pyrrole nitrogens is 1. The number of alkyl halides is 1. The smallest absolute Gasteiger partial charge is 0.271 e. The molecule has 0 aliphatic heterocycles. The van der Waals surface area contributed by atoms with Crippen LogP contribution in [0.4, 0.5) is 21.6 Å². The molecule has 1 amide bonds. The predicted molar refractivity (Wildman–Crippen MR) is 159 cm³/mol. The number of halogens is 1. The second-order valence-electron chi connectivity index (χ2n) is 10.3. The molecule has 2 aromatic carbocycles. The molecule has 5 rings (SSSR count). The van der Waals surface area contributed by atoms with E-state index in [2.05, 4.69) is 39.3 Å². The van der Waals surface area contributed by atoms with Crippen LogP contribution in [0.5, 0.6) is 0 Å². The van der Waals surface area contributed by atoms with Crippen LogP contribution >= 0.6 is 0 Å². The molecule has 8 nitrogen and oxygen atoms in total. The Bertz CT molecular complexity index is 1580. The van der Waals surface area contributed by atoms with Gasteiger partial charge in [-0.3, -0.25) is 14.5 Å². The van der Waals surface area contributed by atoms with Crippen molar-refractivity contribution in [2.45, 2.75) is 45.5 Å². The van der Waals surface area contributed by atoms with E-state index in [1.807, 2.05) is 18.2 Å². The Balaban J connectivity index is 1.35. The molecular weight excluding hydrogens is 521 g/mol. The number of aromatic amines is 1. The molecular formula is C32H34FN5O3. The summed E-state index contributed by atoms with van der Waals surface area (Å²) in [6, 6.07) is 17.3. The number of aromatic nitrogens is 2. The number of carbonyl (C=O) groups is 1. The Morgan fingerprint density at radius 2 is 1.83 bits per heavy atom. The van der Waals surface area contributed by atoms with Gasteiger partial charge in [0.25, 0.3) is 11.5 Å². The monoisotopic (exact) mass is 555 g/mol. The fourth-order valence-electron chi connectivity index (χ4n) is 4.83. The van der Waals surface area contributed by atoms with Crippen LogP contribution in [0.2, 0.25) is 0 Å². The highest BCUT2D eigenvalue weighted by Crippen LogP contribution is 2.49. The van der Waals surface area contributed by atoms with Gasteiger partial charge in [0.05, 0.1) is 6.61 Å². The van der Waals surface area contributed by atoms with Crippen LogP contribution in [-0.2, 0) is 18.8 Å². The van der Waals surface area contributed by atoms with Gasteiger partial charge < -0.3 is 20.7 Å². The number of hydrogen-bond acceptors (Lipinski definition) is 6. The minimum absolute atomic E-state index is 0.297. The summed E-state index contributed by atoms with van der Waals surface area (Å²) in [5.74, 6) is 0.164. The Hall–Kier alpha value is -4.34. The third-order valence-electron chi connectivity index (χ3n) is 7.54. The number of hydrogen-bond donors (Lipinski definition) is 4. The van der Waals surface area contributed by atoms with Gasteiger partial charge in [0, 0.05) is 41.3 Å². The molecule has 0 saturated heterocycles. The average Bonchev–Trinajstić information content (AvgIpc) is 3.76. The Morgan fingerprint density at radius 1 is 1.07 bits per heavy atom. The van der Waals surface area contributed by atoms with Crippen molar-refractivity contribution in [1.29, 1.82) is 0 Å². The predicted octanol–water partition coefficient (Wildman–Crippen LogP) is 5.73. The standard InChI is InChI=1S/C32H34FN5O3/c1-3-38(4-2)19-21-8-13-29(34-17-21)36-28-16-23(18-35-31(28)41)25-6-5-7-27(26(25)20-39)37-30(40)22-9-11-24(12-10-22)32(33)14-15-32/h5-13,16-18,39H,3-4,14-15,19-20H2,1-2H3,(H,34,36)(H,35,41)(H,37,40). The van der Waals surface area contributed by atoms with Crippen molar-refractivity contribution >= 4 is 23.1 Å². The lowest BCUT2D eigenvalue weighted by molar-refractivity contribution is 0.102. The summed E-state index contributed by atoms with van der Waals surface area (Å²) < 4.78 is 14.3. The first kappa shape index (κ1) is 28.2. The van der Waals surface area contributed by atoms with Crippen molar-refractivity contribution in [3.8, 4) is 11.1 Å². The van der Waals surface area contributed by atoms with Gasteiger partial charge in [-0.25, -0.2) is 9.37 Å². The largest absolute Gasteiger partial charge is 0.392 e. The van der Waals surface area contributed by atoms with Crippen molar-refractivity contribution in [3.63, 3.8) is 0 Å². The summed E-state index contributed by atoms with van der Waals surface area (Å²) in [7, 11) is 0. The van der Waals surface area contributed by atoms with E-state index in [1.54, 1.807) is 54.9 Å². The van der Waals surface area contributed by atoms with Crippen molar-refractivity contribution in [2.75, 3.05) is 23.7 Å². The van der Waals surface area contributed by atoms with Gasteiger partial charge in [-0.1, -0.05) is 44.2 Å². The molecule has 41 heavy (non-hydrogen) atoms. The molecule has 9 heteroatoms. The van der Waals surface area contributed by atoms with Gasteiger partial charge in [-0.2, -0.15) is 0 Å². The molecule has 1 saturated carbocycles. The summed E-state index contributed by atoms with van der Waals surface area (Å²) in [5.41, 5.74) is 3.00. The zero-order valence-corrected chi connectivity index (χ0v) is 23.2. The average molecular weight is 556 g/mol. The second-order valence-corrected chi connectivity index (χ2v) is 10.3. The van der Waals surface area contributed by atoms with Crippen LogP contribution in [0.3, 0.4) is 0 Å². The molecule has 0 atom stereocenters. The number of carbonyl (C=O) groups excluding carboxylic acids is 1. The first-order valence-electron chi connectivity index (χ1n) is 13.8. The number of aliphatic hydroxyl groups is 1. The lowest BCUT2D eigenvalue weighted by atomic mass is 9.99. The Morgan fingerprint density at radius 3 is 2.46 bits per heavy atom.